The van der Waals surface area contributed by atoms with Gasteiger partial charge in [0.25, 0.3) is 0 Å². The number of rotatable bonds is 4. The van der Waals surface area contributed by atoms with Crippen molar-refractivity contribution in [3.05, 3.63) is 0 Å². The first kappa shape index (κ1) is 10.4. The summed E-state index contributed by atoms with van der Waals surface area (Å²) in [6.07, 6.45) is 8.06. The Hall–Kier alpha value is -0.0800. The van der Waals surface area contributed by atoms with E-state index in [0.717, 1.165) is 19.1 Å². The van der Waals surface area contributed by atoms with Crippen LogP contribution >= 0.6 is 0 Å². The van der Waals surface area contributed by atoms with Crippen LogP contribution in [0.1, 0.15) is 45.4 Å². The van der Waals surface area contributed by atoms with E-state index in [1.165, 1.54) is 45.1 Å². The fourth-order valence-electron chi connectivity index (χ4n) is 2.85. The third kappa shape index (κ3) is 2.29. The SMILES string of the molecule is CCC1(CCC2CCOC2)CCCN1. The molecule has 2 aliphatic heterocycles. The van der Waals surface area contributed by atoms with E-state index in [0.29, 0.717) is 5.54 Å². The number of ether oxygens (including phenoxy) is 1. The second-order valence-electron chi connectivity index (χ2n) is 4.93. The van der Waals surface area contributed by atoms with E-state index in [2.05, 4.69) is 12.2 Å². The molecule has 1 N–H and O–H groups in total. The van der Waals surface area contributed by atoms with Gasteiger partial charge >= 0.3 is 0 Å². The summed E-state index contributed by atoms with van der Waals surface area (Å²) in [5.74, 6) is 0.848. The van der Waals surface area contributed by atoms with Crippen molar-refractivity contribution in [3.8, 4) is 0 Å². The van der Waals surface area contributed by atoms with Crippen molar-refractivity contribution in [1.29, 1.82) is 0 Å². The van der Waals surface area contributed by atoms with Crippen molar-refractivity contribution in [2.45, 2.75) is 51.0 Å². The third-order valence-corrected chi connectivity index (χ3v) is 4.06. The molecule has 0 radical (unpaired) electrons. The molecule has 2 heterocycles. The van der Waals surface area contributed by atoms with Crippen LogP contribution in [0.4, 0.5) is 0 Å². The Labute approximate surface area is 87.4 Å². The van der Waals surface area contributed by atoms with Gasteiger partial charge in [0, 0.05) is 18.8 Å². The average Bonchev–Trinajstić information content (AvgIpc) is 2.87. The van der Waals surface area contributed by atoms with Crippen LogP contribution in [-0.4, -0.2) is 25.3 Å². The number of hydrogen-bond acceptors (Lipinski definition) is 2. The van der Waals surface area contributed by atoms with Gasteiger partial charge in [-0.2, -0.15) is 0 Å². The van der Waals surface area contributed by atoms with Crippen LogP contribution in [-0.2, 0) is 4.74 Å². The lowest BCUT2D eigenvalue weighted by atomic mass is 9.85. The molecule has 0 amide bonds. The van der Waals surface area contributed by atoms with Gasteiger partial charge in [-0.15, -0.1) is 0 Å². The normalized spacial score (nSPS) is 37.9. The van der Waals surface area contributed by atoms with Crippen molar-refractivity contribution in [3.63, 3.8) is 0 Å². The molecule has 2 unspecified atom stereocenters. The molecule has 0 spiro atoms. The maximum Gasteiger partial charge on any atom is 0.0495 e. The quantitative estimate of drug-likeness (QED) is 0.747. The molecular formula is C12H23NO. The summed E-state index contributed by atoms with van der Waals surface area (Å²) in [5, 5.41) is 3.70. The fraction of sp³-hybridized carbons (Fsp3) is 1.00. The molecule has 14 heavy (non-hydrogen) atoms. The van der Waals surface area contributed by atoms with E-state index in [1.54, 1.807) is 0 Å². The third-order valence-electron chi connectivity index (χ3n) is 4.06. The Morgan fingerprint density at radius 2 is 2.43 bits per heavy atom. The minimum atomic E-state index is 0.489. The van der Waals surface area contributed by atoms with E-state index >= 15 is 0 Å². The Morgan fingerprint density at radius 1 is 1.50 bits per heavy atom. The summed E-state index contributed by atoms with van der Waals surface area (Å²) in [6.45, 7) is 5.56. The Kier molecular flexibility index (Phi) is 3.45. The molecule has 2 nitrogen and oxygen atoms in total. The van der Waals surface area contributed by atoms with E-state index in [-0.39, 0.29) is 0 Å². The molecular weight excluding hydrogens is 174 g/mol. The van der Waals surface area contributed by atoms with Crippen molar-refractivity contribution < 1.29 is 4.74 Å². The van der Waals surface area contributed by atoms with Gasteiger partial charge in [-0.25, -0.2) is 0 Å². The molecule has 0 aliphatic carbocycles. The summed E-state index contributed by atoms with van der Waals surface area (Å²) in [7, 11) is 0. The van der Waals surface area contributed by atoms with Crippen LogP contribution in [0.2, 0.25) is 0 Å². The molecule has 0 bridgehead atoms. The van der Waals surface area contributed by atoms with Gasteiger partial charge in [0.05, 0.1) is 0 Å². The van der Waals surface area contributed by atoms with Crippen LogP contribution in [0.3, 0.4) is 0 Å². The molecule has 0 aromatic carbocycles. The van der Waals surface area contributed by atoms with Crippen molar-refractivity contribution in [2.24, 2.45) is 5.92 Å². The van der Waals surface area contributed by atoms with Crippen LogP contribution in [0.5, 0.6) is 0 Å². The average molecular weight is 197 g/mol. The van der Waals surface area contributed by atoms with Gasteiger partial charge < -0.3 is 10.1 Å². The first-order valence-electron chi connectivity index (χ1n) is 6.17. The molecule has 2 rings (SSSR count). The smallest absolute Gasteiger partial charge is 0.0495 e. The fourth-order valence-corrected chi connectivity index (χ4v) is 2.85. The summed E-state index contributed by atoms with van der Waals surface area (Å²) < 4.78 is 5.42. The van der Waals surface area contributed by atoms with Gasteiger partial charge in [-0.3, -0.25) is 0 Å². The minimum absolute atomic E-state index is 0.489. The zero-order valence-corrected chi connectivity index (χ0v) is 9.35. The van der Waals surface area contributed by atoms with Gasteiger partial charge in [0.15, 0.2) is 0 Å². The predicted octanol–water partition coefficient (Wildman–Crippen LogP) is 2.34. The Morgan fingerprint density at radius 3 is 3.00 bits per heavy atom. The number of hydrogen-bond donors (Lipinski definition) is 1. The van der Waals surface area contributed by atoms with Gasteiger partial charge in [-0.1, -0.05) is 6.92 Å². The van der Waals surface area contributed by atoms with Crippen LogP contribution in [0.25, 0.3) is 0 Å². The lowest BCUT2D eigenvalue weighted by Crippen LogP contribution is -2.39. The van der Waals surface area contributed by atoms with E-state index < -0.39 is 0 Å². The van der Waals surface area contributed by atoms with Gasteiger partial charge in [0.1, 0.15) is 0 Å². The highest BCUT2D eigenvalue weighted by Crippen LogP contribution is 2.31. The van der Waals surface area contributed by atoms with Gasteiger partial charge in [-0.05, 0) is 51.0 Å². The highest BCUT2D eigenvalue weighted by Gasteiger charge is 2.32. The molecule has 2 heteroatoms. The standard InChI is InChI=1S/C12H23NO/c1-2-12(6-3-8-13-12)7-4-11-5-9-14-10-11/h11,13H,2-10H2,1H3. The summed E-state index contributed by atoms with van der Waals surface area (Å²) in [5.41, 5.74) is 0.489. The maximum absolute atomic E-state index is 5.42. The summed E-state index contributed by atoms with van der Waals surface area (Å²) in [4.78, 5) is 0. The highest BCUT2D eigenvalue weighted by molar-refractivity contribution is 4.92. The first-order chi connectivity index (χ1) is 6.85. The van der Waals surface area contributed by atoms with E-state index in [4.69, 9.17) is 4.74 Å². The van der Waals surface area contributed by atoms with E-state index in [9.17, 15) is 0 Å². The topological polar surface area (TPSA) is 21.3 Å². The zero-order chi connectivity index (χ0) is 9.86. The maximum atomic E-state index is 5.42. The van der Waals surface area contributed by atoms with Crippen molar-refractivity contribution >= 4 is 0 Å². The van der Waals surface area contributed by atoms with E-state index in [1.807, 2.05) is 0 Å². The Balaban J connectivity index is 1.76. The highest BCUT2D eigenvalue weighted by atomic mass is 16.5. The summed E-state index contributed by atoms with van der Waals surface area (Å²) >= 11 is 0. The monoisotopic (exact) mass is 197 g/mol. The molecule has 2 fully saturated rings. The largest absolute Gasteiger partial charge is 0.381 e. The molecule has 0 aromatic heterocycles. The minimum Gasteiger partial charge on any atom is -0.381 e. The van der Waals surface area contributed by atoms with Crippen LogP contribution in [0, 0.1) is 5.92 Å². The molecule has 0 saturated carbocycles. The molecule has 2 aliphatic rings. The zero-order valence-electron chi connectivity index (χ0n) is 9.35. The first-order valence-corrected chi connectivity index (χ1v) is 6.17. The molecule has 2 saturated heterocycles. The lowest BCUT2D eigenvalue weighted by molar-refractivity contribution is 0.180. The second-order valence-corrected chi connectivity index (χ2v) is 4.93. The van der Waals surface area contributed by atoms with Crippen LogP contribution < -0.4 is 5.32 Å². The second kappa shape index (κ2) is 4.63. The lowest BCUT2D eigenvalue weighted by Gasteiger charge is -2.29. The van der Waals surface area contributed by atoms with Crippen molar-refractivity contribution in [1.82, 2.24) is 5.32 Å². The van der Waals surface area contributed by atoms with Crippen LogP contribution in [0.15, 0.2) is 0 Å². The molecule has 2 atom stereocenters. The Bertz CT molecular complexity index is 169. The van der Waals surface area contributed by atoms with Gasteiger partial charge in [0.2, 0.25) is 0 Å². The van der Waals surface area contributed by atoms with Crippen molar-refractivity contribution in [2.75, 3.05) is 19.8 Å². The molecule has 0 aromatic rings. The predicted molar refractivity (Wildman–Crippen MR) is 58.4 cm³/mol. The molecule has 82 valence electrons. The number of nitrogens with one attached hydrogen (secondary N) is 1. The summed E-state index contributed by atoms with van der Waals surface area (Å²) in [6, 6.07) is 0.